The standard InChI is InChI=1S/C26H32N4O3/c1-4-33-24-10-6-5-8-21(24)26(32)30-14-7-9-23(30)25(31)27-20-11-12-22-19(18-20)13-15-29(22)17-16-28(2)3/h5-6,8,10-13,15,18,23H,4,7,9,14,16-17H2,1-3H3,(H,27,31). The van der Waals surface area contributed by atoms with Gasteiger partial charge in [0.2, 0.25) is 5.91 Å². The molecule has 1 aliphatic rings. The molecule has 0 aliphatic carbocycles. The Bertz CT molecular complexity index is 1140. The molecule has 2 amide bonds. The molecule has 4 rings (SSSR count). The van der Waals surface area contributed by atoms with Crippen molar-refractivity contribution in [2.45, 2.75) is 32.4 Å². The van der Waals surface area contributed by atoms with Gasteiger partial charge in [0.15, 0.2) is 0 Å². The number of likely N-dealkylation sites (tertiary alicyclic amines) is 1. The molecule has 1 atom stereocenters. The fourth-order valence-electron chi connectivity index (χ4n) is 4.37. The van der Waals surface area contributed by atoms with Gasteiger partial charge < -0.3 is 24.4 Å². The number of fused-ring (bicyclic) bond motifs is 1. The van der Waals surface area contributed by atoms with E-state index in [1.165, 1.54) is 0 Å². The molecule has 33 heavy (non-hydrogen) atoms. The zero-order valence-corrected chi connectivity index (χ0v) is 19.6. The van der Waals surface area contributed by atoms with Crippen molar-refractivity contribution in [2.24, 2.45) is 0 Å². The third-order valence-electron chi connectivity index (χ3n) is 6.06. The largest absolute Gasteiger partial charge is 0.493 e. The fourth-order valence-corrected chi connectivity index (χ4v) is 4.37. The lowest BCUT2D eigenvalue weighted by Crippen LogP contribution is -2.43. The second-order valence-corrected chi connectivity index (χ2v) is 8.66. The second-order valence-electron chi connectivity index (χ2n) is 8.66. The summed E-state index contributed by atoms with van der Waals surface area (Å²) in [6.45, 7) is 4.80. The summed E-state index contributed by atoms with van der Waals surface area (Å²) in [5.41, 5.74) is 2.38. The molecule has 2 aromatic carbocycles. The van der Waals surface area contributed by atoms with Crippen molar-refractivity contribution in [1.29, 1.82) is 0 Å². The van der Waals surface area contributed by atoms with Crippen LogP contribution >= 0.6 is 0 Å². The van der Waals surface area contributed by atoms with Gasteiger partial charge in [-0.05, 0) is 70.3 Å². The van der Waals surface area contributed by atoms with Crippen LogP contribution in [0.25, 0.3) is 10.9 Å². The minimum absolute atomic E-state index is 0.152. The molecule has 1 N–H and O–H groups in total. The maximum absolute atomic E-state index is 13.3. The van der Waals surface area contributed by atoms with E-state index in [1.54, 1.807) is 17.0 Å². The average molecular weight is 449 g/mol. The number of nitrogens with one attached hydrogen (secondary N) is 1. The summed E-state index contributed by atoms with van der Waals surface area (Å²) in [5, 5.41) is 4.11. The number of amides is 2. The van der Waals surface area contributed by atoms with Gasteiger partial charge in [0, 0.05) is 42.4 Å². The van der Waals surface area contributed by atoms with E-state index in [4.69, 9.17) is 4.74 Å². The van der Waals surface area contributed by atoms with E-state index in [9.17, 15) is 9.59 Å². The Balaban J connectivity index is 1.47. The summed E-state index contributed by atoms with van der Waals surface area (Å²) >= 11 is 0. The van der Waals surface area contributed by atoms with Crippen LogP contribution in [0.1, 0.15) is 30.1 Å². The Hall–Kier alpha value is -3.32. The van der Waals surface area contributed by atoms with Crippen LogP contribution in [0.2, 0.25) is 0 Å². The SMILES string of the molecule is CCOc1ccccc1C(=O)N1CCCC1C(=O)Nc1ccc2c(ccn2CCN(C)C)c1. The van der Waals surface area contributed by atoms with Crippen molar-refractivity contribution in [3.63, 3.8) is 0 Å². The maximum atomic E-state index is 13.3. The Morgan fingerprint density at radius 2 is 1.97 bits per heavy atom. The van der Waals surface area contributed by atoms with E-state index in [0.717, 1.165) is 36.1 Å². The molecule has 1 aliphatic heterocycles. The fraction of sp³-hybridized carbons (Fsp3) is 0.385. The second kappa shape index (κ2) is 10.1. The van der Waals surface area contributed by atoms with E-state index in [-0.39, 0.29) is 11.8 Å². The van der Waals surface area contributed by atoms with Crippen molar-refractivity contribution in [3.05, 3.63) is 60.3 Å². The Labute approximate surface area is 194 Å². The molecule has 174 valence electrons. The summed E-state index contributed by atoms with van der Waals surface area (Å²) in [4.78, 5) is 30.2. The molecule has 0 spiro atoms. The molecule has 1 unspecified atom stereocenters. The maximum Gasteiger partial charge on any atom is 0.258 e. The van der Waals surface area contributed by atoms with Gasteiger partial charge in [-0.3, -0.25) is 9.59 Å². The highest BCUT2D eigenvalue weighted by molar-refractivity contribution is 6.03. The van der Waals surface area contributed by atoms with E-state index in [1.807, 2.05) is 37.3 Å². The predicted molar refractivity (Wildman–Crippen MR) is 131 cm³/mol. The van der Waals surface area contributed by atoms with E-state index < -0.39 is 6.04 Å². The van der Waals surface area contributed by atoms with E-state index >= 15 is 0 Å². The average Bonchev–Trinajstić information content (AvgIpc) is 3.45. The lowest BCUT2D eigenvalue weighted by atomic mass is 10.1. The Morgan fingerprint density at radius 1 is 1.15 bits per heavy atom. The van der Waals surface area contributed by atoms with Crippen molar-refractivity contribution < 1.29 is 14.3 Å². The zero-order chi connectivity index (χ0) is 23.4. The smallest absolute Gasteiger partial charge is 0.258 e. The summed E-state index contributed by atoms with van der Waals surface area (Å²) in [6.07, 6.45) is 3.53. The van der Waals surface area contributed by atoms with Crippen LogP contribution in [0, 0.1) is 0 Å². The van der Waals surface area contributed by atoms with Crippen LogP contribution in [-0.2, 0) is 11.3 Å². The van der Waals surface area contributed by atoms with Crippen LogP contribution in [0.4, 0.5) is 5.69 Å². The van der Waals surface area contributed by atoms with Crippen LogP contribution in [-0.4, -0.2) is 66.0 Å². The third kappa shape index (κ3) is 5.03. The molecule has 1 fully saturated rings. The molecule has 7 heteroatoms. The van der Waals surface area contributed by atoms with Crippen LogP contribution in [0.15, 0.2) is 54.7 Å². The summed E-state index contributed by atoms with van der Waals surface area (Å²) in [5.74, 6) is 0.242. The molecule has 2 heterocycles. The van der Waals surface area contributed by atoms with Crippen molar-refractivity contribution >= 4 is 28.4 Å². The van der Waals surface area contributed by atoms with Gasteiger partial charge in [-0.15, -0.1) is 0 Å². The molecule has 3 aromatic rings. The van der Waals surface area contributed by atoms with Crippen molar-refractivity contribution in [3.8, 4) is 5.75 Å². The van der Waals surface area contributed by atoms with Gasteiger partial charge in [0.05, 0.1) is 12.2 Å². The third-order valence-corrected chi connectivity index (χ3v) is 6.06. The lowest BCUT2D eigenvalue weighted by molar-refractivity contribution is -0.119. The number of para-hydroxylation sites is 1. The van der Waals surface area contributed by atoms with Gasteiger partial charge in [-0.1, -0.05) is 12.1 Å². The molecule has 0 bridgehead atoms. The summed E-state index contributed by atoms with van der Waals surface area (Å²) in [6, 6.07) is 14.8. The number of carbonyl (C=O) groups is 2. The summed E-state index contributed by atoms with van der Waals surface area (Å²) < 4.78 is 7.85. The van der Waals surface area contributed by atoms with Gasteiger partial charge >= 0.3 is 0 Å². The first-order valence-corrected chi connectivity index (χ1v) is 11.5. The topological polar surface area (TPSA) is 66.8 Å². The molecule has 1 aromatic heterocycles. The van der Waals surface area contributed by atoms with Gasteiger partial charge in [-0.25, -0.2) is 0 Å². The minimum Gasteiger partial charge on any atom is -0.493 e. The molecule has 7 nitrogen and oxygen atoms in total. The number of hydrogen-bond donors (Lipinski definition) is 1. The van der Waals surface area contributed by atoms with Crippen LogP contribution in [0.3, 0.4) is 0 Å². The number of carbonyl (C=O) groups excluding carboxylic acids is 2. The molecular weight excluding hydrogens is 416 g/mol. The molecular formula is C26H32N4O3. The van der Waals surface area contributed by atoms with E-state index in [2.05, 4.69) is 41.1 Å². The predicted octanol–water partition coefficient (Wildman–Crippen LogP) is 3.84. The normalized spacial score (nSPS) is 15.9. The first kappa shape index (κ1) is 22.9. The lowest BCUT2D eigenvalue weighted by Gasteiger charge is -2.25. The number of nitrogens with zero attached hydrogens (tertiary/aromatic N) is 3. The van der Waals surface area contributed by atoms with E-state index in [0.29, 0.717) is 30.9 Å². The number of hydrogen-bond acceptors (Lipinski definition) is 4. The number of aromatic nitrogens is 1. The number of likely N-dealkylation sites (N-methyl/N-ethyl adjacent to an activating group) is 1. The monoisotopic (exact) mass is 448 g/mol. The summed E-state index contributed by atoms with van der Waals surface area (Å²) in [7, 11) is 4.12. The molecule has 0 radical (unpaired) electrons. The number of ether oxygens (including phenoxy) is 1. The first-order valence-electron chi connectivity index (χ1n) is 11.5. The number of anilines is 1. The number of rotatable bonds is 8. The van der Waals surface area contributed by atoms with Crippen molar-refractivity contribution in [2.75, 3.05) is 39.1 Å². The number of benzene rings is 2. The first-order chi connectivity index (χ1) is 16.0. The highest BCUT2D eigenvalue weighted by atomic mass is 16.5. The Morgan fingerprint density at radius 3 is 2.76 bits per heavy atom. The Kier molecular flexibility index (Phi) is 6.99. The van der Waals surface area contributed by atoms with Gasteiger partial charge in [0.1, 0.15) is 11.8 Å². The van der Waals surface area contributed by atoms with Gasteiger partial charge in [0.25, 0.3) is 5.91 Å². The highest BCUT2D eigenvalue weighted by Gasteiger charge is 2.35. The van der Waals surface area contributed by atoms with Gasteiger partial charge in [-0.2, -0.15) is 0 Å². The van der Waals surface area contributed by atoms with Crippen LogP contribution < -0.4 is 10.1 Å². The van der Waals surface area contributed by atoms with Crippen molar-refractivity contribution in [1.82, 2.24) is 14.4 Å². The minimum atomic E-state index is -0.493. The zero-order valence-electron chi connectivity index (χ0n) is 19.6. The quantitative estimate of drug-likeness (QED) is 0.569. The molecule has 0 saturated carbocycles. The highest BCUT2D eigenvalue weighted by Crippen LogP contribution is 2.27. The molecule has 1 saturated heterocycles. The van der Waals surface area contributed by atoms with Crippen LogP contribution in [0.5, 0.6) is 5.75 Å².